The second-order valence-electron chi connectivity index (χ2n) is 12.4. The van der Waals surface area contributed by atoms with Crippen molar-refractivity contribution >= 4 is 23.1 Å². The molecule has 43 heavy (non-hydrogen) atoms. The van der Waals surface area contributed by atoms with Crippen LogP contribution in [0.15, 0.2) is 53.3 Å². The van der Waals surface area contributed by atoms with Gasteiger partial charge in [-0.2, -0.15) is 0 Å². The van der Waals surface area contributed by atoms with Gasteiger partial charge in [-0.15, -0.1) is 0 Å². The number of benzene rings is 2. The van der Waals surface area contributed by atoms with Crippen LogP contribution in [0.1, 0.15) is 55.4 Å². The minimum Gasteiger partial charge on any atom is -0.465 e. The second-order valence-corrected chi connectivity index (χ2v) is 12.4. The van der Waals surface area contributed by atoms with Crippen LogP contribution in [0, 0.1) is 17.6 Å². The van der Waals surface area contributed by atoms with Crippen molar-refractivity contribution in [1.82, 2.24) is 19.4 Å². The minimum atomic E-state index is -0.693. The maximum Gasteiger partial charge on any atom is 0.410 e. The fourth-order valence-corrected chi connectivity index (χ4v) is 6.34. The summed E-state index contributed by atoms with van der Waals surface area (Å²) < 4.78 is 43.3. The maximum absolute atomic E-state index is 15.5. The van der Waals surface area contributed by atoms with Gasteiger partial charge >= 0.3 is 12.1 Å². The molecule has 1 N–H and O–H groups in total. The summed E-state index contributed by atoms with van der Waals surface area (Å²) in [5, 5.41) is 0. The van der Waals surface area contributed by atoms with Gasteiger partial charge in [0.25, 0.3) is 0 Å². The number of carbonyl (C=O) groups is 2. The van der Waals surface area contributed by atoms with Crippen LogP contribution in [0.3, 0.4) is 0 Å². The minimum absolute atomic E-state index is 0.0530. The van der Waals surface area contributed by atoms with Crippen molar-refractivity contribution in [2.24, 2.45) is 5.92 Å². The molecule has 2 saturated heterocycles. The number of imidazole rings is 1. The summed E-state index contributed by atoms with van der Waals surface area (Å²) >= 11 is 0. The number of nitrogens with one attached hydrogen (secondary N) is 1. The van der Waals surface area contributed by atoms with Crippen LogP contribution in [-0.4, -0.2) is 56.3 Å². The molecular formula is C32H32F2N4O5. The van der Waals surface area contributed by atoms with Crippen molar-refractivity contribution in [3.63, 3.8) is 0 Å². The lowest BCUT2D eigenvalue weighted by Crippen LogP contribution is -2.52. The number of methoxy groups -OCH3 is 1. The lowest BCUT2D eigenvalue weighted by atomic mass is 9.73. The lowest BCUT2D eigenvalue weighted by Gasteiger charge is -2.43. The first kappa shape index (κ1) is 28.6. The molecular weight excluding hydrogens is 558 g/mol. The second kappa shape index (κ2) is 10.3. The predicted octanol–water partition coefficient (Wildman–Crippen LogP) is 5.45. The Bertz CT molecular complexity index is 1820. The summed E-state index contributed by atoms with van der Waals surface area (Å²) in [5.74, 6) is -1.07. The monoisotopic (exact) mass is 590 g/mol. The largest absolute Gasteiger partial charge is 0.465 e. The van der Waals surface area contributed by atoms with Gasteiger partial charge in [-0.1, -0.05) is 6.07 Å². The van der Waals surface area contributed by atoms with Crippen LogP contribution in [-0.2, 0) is 22.4 Å². The van der Waals surface area contributed by atoms with Crippen LogP contribution in [0.25, 0.3) is 22.3 Å². The van der Waals surface area contributed by atoms with E-state index in [9.17, 15) is 14.4 Å². The number of rotatable bonds is 6. The average Bonchev–Trinajstić information content (AvgIpc) is 3.59. The molecule has 11 heteroatoms. The van der Waals surface area contributed by atoms with Gasteiger partial charge in [0.2, 0.25) is 5.56 Å². The summed E-state index contributed by atoms with van der Waals surface area (Å²) in [6, 6.07) is 11.4. The first-order chi connectivity index (χ1) is 20.4. The summed E-state index contributed by atoms with van der Waals surface area (Å²) in [7, 11) is 1.30. The molecule has 7 rings (SSSR count). The van der Waals surface area contributed by atoms with Gasteiger partial charge in [-0.25, -0.2) is 23.4 Å². The molecule has 0 unspecified atom stereocenters. The molecule has 0 atom stereocenters. The highest BCUT2D eigenvalue weighted by molar-refractivity contribution is 5.93. The van der Waals surface area contributed by atoms with E-state index in [1.165, 1.54) is 25.3 Å². The number of nitrogens with zero attached hydrogens (tertiary/aromatic N) is 3. The standard InChI is InChI=1S/C32H32F2N4O5/c1-31(2,3)43-30(41)38-16-18-14-32(38,15-18)17-37-26-11-19(29(40)42-4)8-9-25(26)35-27(37)12-20-10-23(34)21(13-22(20)33)24-6-5-7-28(39)36-24/h5-11,13,18H,12,14-17H2,1-4H3,(H,36,39). The van der Waals surface area contributed by atoms with Crippen molar-refractivity contribution in [3.8, 4) is 11.3 Å². The summed E-state index contributed by atoms with van der Waals surface area (Å²) in [6.07, 6.45) is 1.10. The van der Waals surface area contributed by atoms with E-state index in [4.69, 9.17) is 14.5 Å². The highest BCUT2D eigenvalue weighted by Crippen LogP contribution is 2.52. The number of halogens is 2. The number of H-pyrrole nitrogens is 1. The van der Waals surface area contributed by atoms with E-state index < -0.39 is 40.4 Å². The lowest BCUT2D eigenvalue weighted by molar-refractivity contribution is 0.00299. The van der Waals surface area contributed by atoms with Gasteiger partial charge < -0.3 is 23.9 Å². The van der Waals surface area contributed by atoms with Gasteiger partial charge in [-0.05, 0) is 81.5 Å². The fraction of sp³-hybridized carbons (Fsp3) is 0.375. The van der Waals surface area contributed by atoms with Crippen LogP contribution in [0.2, 0.25) is 0 Å². The molecule has 2 aromatic carbocycles. The third-order valence-corrected chi connectivity index (χ3v) is 8.21. The average molecular weight is 591 g/mol. The molecule has 4 heterocycles. The first-order valence-corrected chi connectivity index (χ1v) is 14.1. The smallest absolute Gasteiger partial charge is 0.410 e. The van der Waals surface area contributed by atoms with E-state index in [1.54, 1.807) is 23.1 Å². The zero-order valence-electron chi connectivity index (χ0n) is 24.4. The number of esters is 1. The van der Waals surface area contributed by atoms with E-state index >= 15 is 8.78 Å². The molecule has 2 aliphatic heterocycles. The SMILES string of the molecule is COC(=O)c1ccc2nc(Cc3cc(F)c(-c4cccc(=O)[nH]4)cc3F)n(CC34CC(CN3C(=O)OC(C)(C)C)C4)c2c1. The van der Waals surface area contributed by atoms with E-state index in [2.05, 4.69) is 4.98 Å². The van der Waals surface area contributed by atoms with Crippen molar-refractivity contribution < 1.29 is 27.8 Å². The number of aromatic amines is 1. The molecule has 2 aromatic heterocycles. The highest BCUT2D eigenvalue weighted by atomic mass is 19.1. The van der Waals surface area contributed by atoms with Gasteiger partial charge in [0.1, 0.15) is 23.1 Å². The number of ether oxygens (including phenoxy) is 2. The Kier molecular flexibility index (Phi) is 6.86. The van der Waals surface area contributed by atoms with Gasteiger partial charge in [0.15, 0.2) is 0 Å². The molecule has 0 radical (unpaired) electrons. The van der Waals surface area contributed by atoms with Gasteiger partial charge in [-0.3, -0.25) is 4.79 Å². The van der Waals surface area contributed by atoms with Gasteiger partial charge in [0, 0.05) is 31.1 Å². The quantitative estimate of drug-likeness (QED) is 0.300. The number of amides is 1. The zero-order valence-corrected chi connectivity index (χ0v) is 24.4. The number of pyridine rings is 1. The molecule has 224 valence electrons. The number of hydrogen-bond donors (Lipinski definition) is 1. The molecule has 3 aliphatic rings. The van der Waals surface area contributed by atoms with Crippen LogP contribution >= 0.6 is 0 Å². The van der Waals surface area contributed by atoms with E-state index in [0.29, 0.717) is 41.4 Å². The molecule has 3 fully saturated rings. The highest BCUT2D eigenvalue weighted by Gasteiger charge is 2.59. The summed E-state index contributed by atoms with van der Waals surface area (Å²) in [6.45, 7) is 6.38. The number of fused-ring (bicyclic) bond motifs is 2. The van der Waals surface area contributed by atoms with Gasteiger partial charge in [0.05, 0.1) is 34.9 Å². The van der Waals surface area contributed by atoms with Crippen molar-refractivity contribution in [2.45, 2.75) is 57.7 Å². The Hall–Kier alpha value is -4.54. The molecule has 1 aliphatic carbocycles. The predicted molar refractivity (Wildman–Crippen MR) is 155 cm³/mol. The van der Waals surface area contributed by atoms with E-state index in [0.717, 1.165) is 25.0 Å². The normalized spacial score (nSPS) is 19.4. The number of aromatic nitrogens is 3. The van der Waals surface area contributed by atoms with E-state index in [1.807, 2.05) is 25.3 Å². The van der Waals surface area contributed by atoms with Crippen LogP contribution in [0.5, 0.6) is 0 Å². The molecule has 9 nitrogen and oxygen atoms in total. The Morgan fingerprint density at radius 2 is 1.86 bits per heavy atom. The molecule has 0 spiro atoms. The third kappa shape index (κ3) is 5.28. The summed E-state index contributed by atoms with van der Waals surface area (Å²) in [5.41, 5.74) is 0.0591. The first-order valence-electron chi connectivity index (χ1n) is 14.1. The third-order valence-electron chi connectivity index (χ3n) is 8.21. The number of carbonyl (C=O) groups excluding carboxylic acids is 2. The van der Waals surface area contributed by atoms with Crippen molar-refractivity contribution in [1.29, 1.82) is 0 Å². The van der Waals surface area contributed by atoms with E-state index in [-0.39, 0.29) is 23.2 Å². The number of hydrogen-bond acceptors (Lipinski definition) is 6. The van der Waals surface area contributed by atoms with Crippen molar-refractivity contribution in [2.75, 3.05) is 13.7 Å². The fourth-order valence-electron chi connectivity index (χ4n) is 6.34. The maximum atomic E-state index is 15.5. The Labute approximate surface area is 246 Å². The Morgan fingerprint density at radius 1 is 1.09 bits per heavy atom. The topological polar surface area (TPSA) is 107 Å². The summed E-state index contributed by atoms with van der Waals surface area (Å²) in [4.78, 5) is 46.4. The Morgan fingerprint density at radius 3 is 2.56 bits per heavy atom. The molecule has 1 saturated carbocycles. The molecule has 1 amide bonds. The van der Waals surface area contributed by atoms with Crippen LogP contribution < -0.4 is 5.56 Å². The molecule has 4 aromatic rings. The molecule has 2 bridgehead atoms. The van der Waals surface area contributed by atoms with Crippen LogP contribution in [0.4, 0.5) is 13.6 Å². The zero-order chi connectivity index (χ0) is 30.7. The Balaban J connectivity index is 1.40. The van der Waals surface area contributed by atoms with Crippen molar-refractivity contribution in [3.05, 3.63) is 87.5 Å².